The zero-order valence-electron chi connectivity index (χ0n) is 16.8. The molecule has 0 unspecified atom stereocenters. The highest BCUT2D eigenvalue weighted by Crippen LogP contribution is 2.36. The van der Waals surface area contributed by atoms with E-state index >= 15 is 0 Å². The maximum absolute atomic E-state index is 13.0. The number of nitrogens with zero attached hydrogens (tertiary/aromatic N) is 1. The van der Waals surface area contributed by atoms with Gasteiger partial charge in [-0.2, -0.15) is 0 Å². The van der Waals surface area contributed by atoms with Crippen molar-refractivity contribution in [1.29, 1.82) is 0 Å². The number of esters is 1. The molecule has 0 spiro atoms. The molecule has 152 valence electrons. The summed E-state index contributed by atoms with van der Waals surface area (Å²) in [5.74, 6) is 0.439. The van der Waals surface area contributed by atoms with E-state index in [1.54, 1.807) is 0 Å². The van der Waals surface area contributed by atoms with Crippen LogP contribution in [0.15, 0.2) is 60.7 Å². The van der Waals surface area contributed by atoms with Crippen LogP contribution in [0.4, 0.5) is 0 Å². The molecular weight excluding hydrogens is 362 g/mol. The number of amides is 1. The molecule has 1 saturated carbocycles. The second kappa shape index (κ2) is 9.25. The monoisotopic (exact) mass is 391 g/mol. The van der Waals surface area contributed by atoms with E-state index in [0.29, 0.717) is 5.92 Å². The molecule has 1 aliphatic heterocycles. The number of rotatable bonds is 5. The molecule has 0 aromatic heterocycles. The highest BCUT2D eigenvalue weighted by molar-refractivity contribution is 5.85. The predicted molar refractivity (Wildman–Crippen MR) is 112 cm³/mol. The third-order valence-electron chi connectivity index (χ3n) is 6.48. The average Bonchev–Trinajstić information content (AvgIpc) is 2.79. The summed E-state index contributed by atoms with van der Waals surface area (Å²) in [7, 11) is 0. The Labute approximate surface area is 172 Å². The van der Waals surface area contributed by atoms with E-state index in [9.17, 15) is 9.59 Å². The number of hydrogen-bond donors (Lipinski definition) is 0. The van der Waals surface area contributed by atoms with Gasteiger partial charge in [0, 0.05) is 13.1 Å². The average molecular weight is 392 g/mol. The van der Waals surface area contributed by atoms with Crippen LogP contribution < -0.4 is 0 Å². The largest absolute Gasteiger partial charge is 0.455 e. The molecule has 1 amide bonds. The SMILES string of the molecule is O=C(OCC(=O)N1CC[C@H]2CCCC[C@@H]2C1)C(c1ccccc1)c1ccccc1. The van der Waals surface area contributed by atoms with E-state index < -0.39 is 5.92 Å². The molecule has 0 N–H and O–H groups in total. The zero-order chi connectivity index (χ0) is 20.1. The minimum atomic E-state index is -0.519. The number of benzene rings is 2. The van der Waals surface area contributed by atoms with Crippen molar-refractivity contribution in [2.24, 2.45) is 11.8 Å². The van der Waals surface area contributed by atoms with E-state index in [-0.39, 0.29) is 18.5 Å². The van der Waals surface area contributed by atoms with Gasteiger partial charge in [0.15, 0.2) is 6.61 Å². The first-order chi connectivity index (χ1) is 14.2. The fourth-order valence-electron chi connectivity index (χ4n) is 4.89. The van der Waals surface area contributed by atoms with Gasteiger partial charge in [-0.15, -0.1) is 0 Å². The third-order valence-corrected chi connectivity index (χ3v) is 6.48. The summed E-state index contributed by atoms with van der Waals surface area (Å²) in [5.41, 5.74) is 1.75. The number of hydrogen-bond acceptors (Lipinski definition) is 3. The summed E-state index contributed by atoms with van der Waals surface area (Å²) >= 11 is 0. The van der Waals surface area contributed by atoms with Crippen LogP contribution in [0, 0.1) is 11.8 Å². The Hall–Kier alpha value is -2.62. The lowest BCUT2D eigenvalue weighted by molar-refractivity contribution is -0.153. The minimum absolute atomic E-state index is 0.0674. The first-order valence-corrected chi connectivity index (χ1v) is 10.8. The van der Waals surface area contributed by atoms with Gasteiger partial charge in [0.05, 0.1) is 0 Å². The van der Waals surface area contributed by atoms with Crippen LogP contribution in [-0.2, 0) is 14.3 Å². The number of ether oxygens (including phenoxy) is 1. The molecule has 2 fully saturated rings. The zero-order valence-corrected chi connectivity index (χ0v) is 16.8. The third kappa shape index (κ3) is 4.69. The van der Waals surface area contributed by atoms with Gasteiger partial charge in [0.2, 0.25) is 0 Å². The summed E-state index contributed by atoms with van der Waals surface area (Å²) in [6.07, 6.45) is 6.21. The first-order valence-electron chi connectivity index (χ1n) is 10.8. The summed E-state index contributed by atoms with van der Waals surface area (Å²) in [5, 5.41) is 0. The van der Waals surface area contributed by atoms with Gasteiger partial charge in [-0.25, -0.2) is 0 Å². The number of carbonyl (C=O) groups is 2. The van der Waals surface area contributed by atoms with Crippen LogP contribution in [-0.4, -0.2) is 36.5 Å². The lowest BCUT2D eigenvalue weighted by atomic mass is 9.75. The molecule has 0 bridgehead atoms. The molecule has 1 aliphatic carbocycles. The molecule has 4 heteroatoms. The number of fused-ring (bicyclic) bond motifs is 1. The normalized spacial score (nSPS) is 21.5. The topological polar surface area (TPSA) is 46.6 Å². The molecule has 1 saturated heterocycles. The van der Waals surface area contributed by atoms with Crippen LogP contribution in [0.2, 0.25) is 0 Å². The van der Waals surface area contributed by atoms with E-state index in [2.05, 4.69) is 0 Å². The van der Waals surface area contributed by atoms with E-state index in [0.717, 1.165) is 36.6 Å². The van der Waals surface area contributed by atoms with Crippen molar-refractivity contribution < 1.29 is 14.3 Å². The second-order valence-electron chi connectivity index (χ2n) is 8.30. The Kier molecular flexibility index (Phi) is 6.28. The van der Waals surface area contributed by atoms with Crippen molar-refractivity contribution in [3.8, 4) is 0 Å². The number of piperidine rings is 1. The number of carbonyl (C=O) groups excluding carboxylic acids is 2. The standard InChI is InChI=1S/C25H29NO3/c27-23(26-16-15-19-9-7-8-14-22(19)17-26)18-29-25(28)24(20-10-3-1-4-11-20)21-12-5-2-6-13-21/h1-6,10-13,19,22,24H,7-9,14-18H2/t19-,22-/m1/s1. The molecule has 1 heterocycles. The lowest BCUT2D eigenvalue weighted by Crippen LogP contribution is -2.46. The van der Waals surface area contributed by atoms with E-state index in [1.165, 1.54) is 25.7 Å². The van der Waals surface area contributed by atoms with Gasteiger partial charge in [-0.3, -0.25) is 9.59 Å². The summed E-state index contributed by atoms with van der Waals surface area (Å²) < 4.78 is 5.53. The van der Waals surface area contributed by atoms with Crippen molar-refractivity contribution in [2.45, 2.75) is 38.0 Å². The first kappa shape index (κ1) is 19.7. The molecule has 2 aromatic rings. The quantitative estimate of drug-likeness (QED) is 0.710. The van der Waals surface area contributed by atoms with E-state index in [4.69, 9.17) is 4.74 Å². The van der Waals surface area contributed by atoms with Crippen LogP contribution in [0.5, 0.6) is 0 Å². The Morgan fingerprint density at radius 2 is 1.45 bits per heavy atom. The fraction of sp³-hybridized carbons (Fsp3) is 0.440. The Balaban J connectivity index is 1.40. The molecule has 4 rings (SSSR count). The van der Waals surface area contributed by atoms with Gasteiger partial charge in [0.1, 0.15) is 5.92 Å². The van der Waals surface area contributed by atoms with Crippen molar-refractivity contribution in [1.82, 2.24) is 4.90 Å². The lowest BCUT2D eigenvalue weighted by Gasteiger charge is -2.41. The van der Waals surface area contributed by atoms with Crippen molar-refractivity contribution in [3.05, 3.63) is 71.8 Å². The van der Waals surface area contributed by atoms with Crippen molar-refractivity contribution in [3.63, 3.8) is 0 Å². The van der Waals surface area contributed by atoms with Crippen molar-refractivity contribution >= 4 is 11.9 Å². The Bertz CT molecular complexity index is 781. The molecule has 29 heavy (non-hydrogen) atoms. The van der Waals surface area contributed by atoms with Crippen LogP contribution >= 0.6 is 0 Å². The highest BCUT2D eigenvalue weighted by Gasteiger charge is 2.33. The molecule has 2 aliphatic rings. The summed E-state index contributed by atoms with van der Waals surface area (Å²) in [6, 6.07) is 19.2. The van der Waals surface area contributed by atoms with Gasteiger partial charge < -0.3 is 9.64 Å². The van der Waals surface area contributed by atoms with Crippen LogP contribution in [0.1, 0.15) is 49.1 Å². The Morgan fingerprint density at radius 1 is 0.862 bits per heavy atom. The molecular formula is C25H29NO3. The van der Waals surface area contributed by atoms with Gasteiger partial charge in [-0.1, -0.05) is 79.9 Å². The van der Waals surface area contributed by atoms with Gasteiger partial charge in [0.25, 0.3) is 5.91 Å². The second-order valence-corrected chi connectivity index (χ2v) is 8.30. The van der Waals surface area contributed by atoms with Crippen LogP contribution in [0.25, 0.3) is 0 Å². The van der Waals surface area contributed by atoms with Gasteiger partial charge in [-0.05, 0) is 35.8 Å². The fourth-order valence-corrected chi connectivity index (χ4v) is 4.89. The molecule has 2 aromatic carbocycles. The summed E-state index contributed by atoms with van der Waals surface area (Å²) in [6.45, 7) is 1.44. The predicted octanol–water partition coefficient (Wildman–Crippen LogP) is 4.40. The Morgan fingerprint density at radius 3 is 2.07 bits per heavy atom. The maximum atomic E-state index is 13.0. The van der Waals surface area contributed by atoms with E-state index in [1.807, 2.05) is 65.6 Å². The van der Waals surface area contributed by atoms with Crippen LogP contribution in [0.3, 0.4) is 0 Å². The maximum Gasteiger partial charge on any atom is 0.318 e. The molecule has 0 radical (unpaired) electrons. The smallest absolute Gasteiger partial charge is 0.318 e. The molecule has 2 atom stereocenters. The minimum Gasteiger partial charge on any atom is -0.455 e. The van der Waals surface area contributed by atoms with Crippen molar-refractivity contribution in [2.75, 3.05) is 19.7 Å². The van der Waals surface area contributed by atoms with Gasteiger partial charge >= 0.3 is 5.97 Å². The molecule has 4 nitrogen and oxygen atoms in total. The number of likely N-dealkylation sites (tertiary alicyclic amines) is 1. The highest BCUT2D eigenvalue weighted by atomic mass is 16.5. The summed E-state index contributed by atoms with van der Waals surface area (Å²) in [4.78, 5) is 27.6.